The molecule has 3 rings (SSSR count). The summed E-state index contributed by atoms with van der Waals surface area (Å²) in [6.45, 7) is 4.09. The quantitative estimate of drug-likeness (QED) is 0.623. The van der Waals surface area contributed by atoms with Crippen LogP contribution in [0.25, 0.3) is 22.3 Å². The lowest BCUT2D eigenvalue weighted by Crippen LogP contribution is -2.12. The third-order valence-electron chi connectivity index (χ3n) is 4.48. The zero-order valence-corrected chi connectivity index (χ0v) is 15.4. The Morgan fingerprint density at radius 1 is 1.07 bits per heavy atom. The van der Waals surface area contributed by atoms with Gasteiger partial charge in [-0.15, -0.1) is 0 Å². The molecule has 0 fully saturated rings. The van der Waals surface area contributed by atoms with Crippen LogP contribution < -0.4 is 10.2 Å². The van der Waals surface area contributed by atoms with Crippen LogP contribution in [0.5, 0.6) is 23.0 Å². The molecule has 0 aliphatic carbocycles. The fourth-order valence-corrected chi connectivity index (χ4v) is 3.02. The first-order valence-electron chi connectivity index (χ1n) is 8.70. The van der Waals surface area contributed by atoms with Gasteiger partial charge in [-0.25, -0.2) is 0 Å². The molecule has 0 bridgehead atoms. The first kappa shape index (κ1) is 18.6. The van der Waals surface area contributed by atoms with Crippen molar-refractivity contribution < 1.29 is 24.5 Å². The number of benzene rings is 2. The molecule has 0 spiro atoms. The Bertz CT molecular complexity index is 1050. The van der Waals surface area contributed by atoms with Crippen LogP contribution in [-0.4, -0.2) is 22.4 Å². The van der Waals surface area contributed by atoms with Gasteiger partial charge in [0.2, 0.25) is 0 Å². The highest BCUT2D eigenvalue weighted by atomic mass is 16.5. The SMILES string of the molecule is COc1cc(O)c2c(=O)c(CCC(C)C)c(-c3ccc(O)cc3O)oc2c1. The van der Waals surface area contributed by atoms with Crippen LogP contribution in [-0.2, 0) is 6.42 Å². The zero-order valence-electron chi connectivity index (χ0n) is 15.4. The highest BCUT2D eigenvalue weighted by molar-refractivity contribution is 5.87. The number of methoxy groups -OCH3 is 1. The highest BCUT2D eigenvalue weighted by Gasteiger charge is 2.21. The van der Waals surface area contributed by atoms with Gasteiger partial charge in [-0.05, 0) is 30.9 Å². The molecular formula is C21H22O6. The standard InChI is InChI=1S/C21H22O6/c1-11(2)4-6-15-20(25)19-17(24)9-13(26-3)10-18(19)27-21(15)14-7-5-12(22)8-16(14)23/h5,7-11,22-24H,4,6H2,1-3H3. The number of phenols is 3. The van der Waals surface area contributed by atoms with Crippen LogP contribution in [0.3, 0.4) is 0 Å². The fourth-order valence-electron chi connectivity index (χ4n) is 3.02. The Labute approximate surface area is 156 Å². The molecule has 1 aromatic heterocycles. The van der Waals surface area contributed by atoms with Gasteiger partial charge in [0.05, 0.1) is 12.7 Å². The second-order valence-electron chi connectivity index (χ2n) is 6.89. The first-order valence-corrected chi connectivity index (χ1v) is 8.70. The number of ether oxygens (including phenoxy) is 1. The van der Waals surface area contributed by atoms with Crippen molar-refractivity contribution in [1.29, 1.82) is 0 Å². The van der Waals surface area contributed by atoms with Crippen molar-refractivity contribution >= 4 is 11.0 Å². The molecule has 6 nitrogen and oxygen atoms in total. The molecule has 0 saturated carbocycles. The van der Waals surface area contributed by atoms with Gasteiger partial charge >= 0.3 is 0 Å². The van der Waals surface area contributed by atoms with E-state index in [1.165, 1.54) is 37.4 Å². The maximum atomic E-state index is 13.1. The summed E-state index contributed by atoms with van der Waals surface area (Å²) in [6, 6.07) is 6.98. The van der Waals surface area contributed by atoms with E-state index in [9.17, 15) is 20.1 Å². The molecule has 3 N–H and O–H groups in total. The van der Waals surface area contributed by atoms with Crippen LogP contribution in [0.15, 0.2) is 39.5 Å². The van der Waals surface area contributed by atoms with Crippen LogP contribution in [0.2, 0.25) is 0 Å². The monoisotopic (exact) mass is 370 g/mol. The summed E-state index contributed by atoms with van der Waals surface area (Å²) < 4.78 is 11.1. The predicted molar refractivity (Wildman–Crippen MR) is 103 cm³/mol. The summed E-state index contributed by atoms with van der Waals surface area (Å²) >= 11 is 0. The second-order valence-corrected chi connectivity index (χ2v) is 6.89. The summed E-state index contributed by atoms with van der Waals surface area (Å²) in [7, 11) is 1.45. The maximum Gasteiger partial charge on any atom is 0.200 e. The zero-order chi connectivity index (χ0) is 19.7. The molecule has 0 aliphatic heterocycles. The van der Waals surface area contributed by atoms with E-state index in [2.05, 4.69) is 0 Å². The summed E-state index contributed by atoms with van der Waals surface area (Å²) in [6.07, 6.45) is 1.16. The lowest BCUT2D eigenvalue weighted by Gasteiger charge is -2.14. The number of rotatable bonds is 5. The fraction of sp³-hybridized carbons (Fsp3) is 0.286. The number of hydrogen-bond acceptors (Lipinski definition) is 6. The Balaban J connectivity index is 2.34. The van der Waals surface area contributed by atoms with Crippen molar-refractivity contribution in [2.45, 2.75) is 26.7 Å². The van der Waals surface area contributed by atoms with E-state index in [1.807, 2.05) is 13.8 Å². The molecular weight excluding hydrogens is 348 g/mol. The minimum absolute atomic E-state index is 0.0802. The van der Waals surface area contributed by atoms with Gasteiger partial charge in [0.25, 0.3) is 0 Å². The van der Waals surface area contributed by atoms with E-state index in [-0.39, 0.29) is 39.4 Å². The normalized spacial score (nSPS) is 11.3. The minimum Gasteiger partial charge on any atom is -0.508 e. The molecule has 27 heavy (non-hydrogen) atoms. The second kappa shape index (κ2) is 7.23. The van der Waals surface area contributed by atoms with Crippen LogP contribution >= 0.6 is 0 Å². The Morgan fingerprint density at radius 2 is 1.81 bits per heavy atom. The van der Waals surface area contributed by atoms with Crippen molar-refractivity contribution in [2.24, 2.45) is 5.92 Å². The number of fused-ring (bicyclic) bond motifs is 1. The summed E-state index contributed by atoms with van der Waals surface area (Å²) in [5, 5.41) is 30.2. The van der Waals surface area contributed by atoms with Crippen molar-refractivity contribution in [1.82, 2.24) is 0 Å². The Morgan fingerprint density at radius 3 is 2.44 bits per heavy atom. The van der Waals surface area contributed by atoms with Crippen molar-refractivity contribution in [3.8, 4) is 34.3 Å². The van der Waals surface area contributed by atoms with E-state index in [1.54, 1.807) is 0 Å². The smallest absolute Gasteiger partial charge is 0.200 e. The average Bonchev–Trinajstić information content (AvgIpc) is 2.60. The third-order valence-corrected chi connectivity index (χ3v) is 4.48. The van der Waals surface area contributed by atoms with Crippen LogP contribution in [0, 0.1) is 5.92 Å². The van der Waals surface area contributed by atoms with E-state index >= 15 is 0 Å². The van der Waals surface area contributed by atoms with Gasteiger partial charge in [-0.1, -0.05) is 13.8 Å². The number of aromatic hydroxyl groups is 3. The topological polar surface area (TPSA) is 100 Å². The largest absolute Gasteiger partial charge is 0.508 e. The molecule has 0 atom stereocenters. The van der Waals surface area contributed by atoms with E-state index < -0.39 is 0 Å². The summed E-state index contributed by atoms with van der Waals surface area (Å²) in [5.41, 5.74) is 0.484. The van der Waals surface area contributed by atoms with Crippen LogP contribution in [0.4, 0.5) is 0 Å². The predicted octanol–water partition coefficient (Wildman–Crippen LogP) is 4.17. The van der Waals surface area contributed by atoms with Gasteiger partial charge < -0.3 is 24.5 Å². The van der Waals surface area contributed by atoms with E-state index in [0.717, 1.165) is 6.42 Å². The Hall–Kier alpha value is -3.15. The molecule has 0 radical (unpaired) electrons. The van der Waals surface area contributed by atoms with Crippen LogP contribution in [0.1, 0.15) is 25.8 Å². The van der Waals surface area contributed by atoms with E-state index in [0.29, 0.717) is 29.2 Å². The Kier molecular flexibility index (Phi) is 4.99. The van der Waals surface area contributed by atoms with Gasteiger partial charge in [-0.3, -0.25) is 4.79 Å². The van der Waals surface area contributed by atoms with Gasteiger partial charge in [0.1, 0.15) is 39.7 Å². The first-order chi connectivity index (χ1) is 12.8. The highest BCUT2D eigenvalue weighted by Crippen LogP contribution is 2.37. The van der Waals surface area contributed by atoms with Gasteiger partial charge in [0, 0.05) is 23.8 Å². The molecule has 0 aliphatic rings. The molecule has 142 valence electrons. The van der Waals surface area contributed by atoms with Crippen molar-refractivity contribution in [2.75, 3.05) is 7.11 Å². The lowest BCUT2D eigenvalue weighted by atomic mass is 9.97. The maximum absolute atomic E-state index is 13.1. The summed E-state index contributed by atoms with van der Waals surface area (Å²) in [4.78, 5) is 13.1. The third kappa shape index (κ3) is 3.56. The molecule has 1 heterocycles. The average molecular weight is 370 g/mol. The molecule has 0 saturated heterocycles. The van der Waals surface area contributed by atoms with Gasteiger partial charge in [0.15, 0.2) is 5.43 Å². The molecule has 3 aromatic rings. The van der Waals surface area contributed by atoms with Crippen molar-refractivity contribution in [3.63, 3.8) is 0 Å². The molecule has 2 aromatic carbocycles. The molecule has 6 heteroatoms. The number of hydrogen-bond donors (Lipinski definition) is 3. The lowest BCUT2D eigenvalue weighted by molar-refractivity contribution is 0.408. The summed E-state index contributed by atoms with van der Waals surface area (Å²) in [5.74, 6) is 0.409. The molecule has 0 amide bonds. The molecule has 0 unspecified atom stereocenters. The minimum atomic E-state index is -0.348. The van der Waals surface area contributed by atoms with Crippen molar-refractivity contribution in [3.05, 3.63) is 46.1 Å². The van der Waals surface area contributed by atoms with E-state index in [4.69, 9.17) is 9.15 Å². The number of phenolic OH excluding ortho intramolecular Hbond substituents is 3. The van der Waals surface area contributed by atoms with Gasteiger partial charge in [-0.2, -0.15) is 0 Å².